The van der Waals surface area contributed by atoms with Crippen LogP contribution >= 0.6 is 11.6 Å². The van der Waals surface area contributed by atoms with Crippen LogP contribution in [0.25, 0.3) is 0 Å². The Morgan fingerprint density at radius 2 is 1.71 bits per heavy atom. The summed E-state index contributed by atoms with van der Waals surface area (Å²) in [6.45, 7) is 9.41. The topological polar surface area (TPSA) is 66.5 Å². The molecule has 1 amide bonds. The van der Waals surface area contributed by atoms with Crippen LogP contribution in [0, 0.1) is 13.8 Å². The van der Waals surface area contributed by atoms with Gasteiger partial charge in [-0.1, -0.05) is 49.7 Å². The fourth-order valence-electron chi connectivity index (χ4n) is 3.10. The first-order chi connectivity index (χ1) is 12.9. The number of carbonyl (C=O) groups excluding carboxylic acids is 1. The van der Waals surface area contributed by atoms with E-state index in [2.05, 4.69) is 5.32 Å². The van der Waals surface area contributed by atoms with E-state index in [-0.39, 0.29) is 5.92 Å². The molecule has 0 unspecified atom stereocenters. The Bertz CT molecular complexity index is 987. The molecule has 0 aliphatic rings. The van der Waals surface area contributed by atoms with E-state index in [1.54, 1.807) is 25.1 Å². The van der Waals surface area contributed by atoms with Crippen molar-refractivity contribution in [2.45, 2.75) is 46.6 Å². The van der Waals surface area contributed by atoms with Gasteiger partial charge in [-0.3, -0.25) is 9.10 Å². The number of amides is 1. The van der Waals surface area contributed by atoms with Gasteiger partial charge in [-0.2, -0.15) is 0 Å². The first kappa shape index (κ1) is 22.2. The van der Waals surface area contributed by atoms with Gasteiger partial charge in [0.2, 0.25) is 15.9 Å². The van der Waals surface area contributed by atoms with Gasteiger partial charge < -0.3 is 5.32 Å². The number of aryl methyl sites for hydroxylation is 2. The van der Waals surface area contributed by atoms with E-state index in [0.29, 0.717) is 10.7 Å². The third-order valence-electron chi connectivity index (χ3n) is 4.67. The monoisotopic (exact) mass is 422 g/mol. The third kappa shape index (κ3) is 4.86. The largest absolute Gasteiger partial charge is 0.324 e. The van der Waals surface area contributed by atoms with Crippen LogP contribution in [0.15, 0.2) is 36.4 Å². The lowest BCUT2D eigenvalue weighted by atomic mass is 9.98. The summed E-state index contributed by atoms with van der Waals surface area (Å²) in [4.78, 5) is 13.0. The van der Waals surface area contributed by atoms with Gasteiger partial charge in [0.15, 0.2) is 0 Å². The maximum absolute atomic E-state index is 13.0. The zero-order chi connectivity index (χ0) is 21.2. The molecule has 0 radical (unpaired) electrons. The number of benzene rings is 2. The zero-order valence-corrected chi connectivity index (χ0v) is 18.6. The van der Waals surface area contributed by atoms with Crippen molar-refractivity contribution in [3.8, 4) is 0 Å². The highest BCUT2D eigenvalue weighted by molar-refractivity contribution is 7.92. The number of anilines is 2. The quantitative estimate of drug-likeness (QED) is 0.721. The molecular weight excluding hydrogens is 396 g/mol. The minimum Gasteiger partial charge on any atom is -0.324 e. The fraction of sp³-hybridized carbons (Fsp3) is 0.381. The van der Waals surface area contributed by atoms with Crippen LogP contribution in [0.4, 0.5) is 11.4 Å². The van der Waals surface area contributed by atoms with E-state index in [0.717, 1.165) is 32.9 Å². The fourth-order valence-corrected chi connectivity index (χ4v) is 4.44. The molecule has 0 spiro atoms. The lowest BCUT2D eigenvalue weighted by Crippen LogP contribution is -2.45. The molecule has 2 aromatic rings. The first-order valence-corrected chi connectivity index (χ1v) is 11.3. The average Bonchev–Trinajstić information content (AvgIpc) is 2.58. The molecule has 1 N–H and O–H groups in total. The Labute approximate surface area is 172 Å². The average molecular weight is 423 g/mol. The van der Waals surface area contributed by atoms with Gasteiger partial charge in [0.05, 0.1) is 11.9 Å². The van der Waals surface area contributed by atoms with Crippen molar-refractivity contribution < 1.29 is 13.2 Å². The molecule has 0 fully saturated rings. The lowest BCUT2D eigenvalue weighted by Gasteiger charge is -2.29. The second kappa shape index (κ2) is 8.53. The highest BCUT2D eigenvalue weighted by atomic mass is 35.5. The van der Waals surface area contributed by atoms with Crippen LogP contribution in [0.1, 0.15) is 43.4 Å². The van der Waals surface area contributed by atoms with Crippen molar-refractivity contribution in [3.63, 3.8) is 0 Å². The second-order valence-corrected chi connectivity index (χ2v) is 9.62. The molecule has 0 aliphatic carbocycles. The number of nitrogens with one attached hydrogen (secondary N) is 1. The summed E-state index contributed by atoms with van der Waals surface area (Å²) >= 11 is 6.18. The number of rotatable bonds is 6. The molecule has 7 heteroatoms. The summed E-state index contributed by atoms with van der Waals surface area (Å²) in [6.07, 6.45) is 1.08. The van der Waals surface area contributed by atoms with E-state index >= 15 is 0 Å². The van der Waals surface area contributed by atoms with Gasteiger partial charge in [0, 0.05) is 10.7 Å². The molecule has 5 nitrogen and oxygen atoms in total. The molecule has 1 atom stereocenters. The van der Waals surface area contributed by atoms with Crippen LogP contribution in [0.3, 0.4) is 0 Å². The summed E-state index contributed by atoms with van der Waals surface area (Å²) in [5.41, 5.74) is 3.85. The molecule has 2 rings (SSSR count). The Kier molecular flexibility index (Phi) is 6.78. The van der Waals surface area contributed by atoms with Crippen molar-refractivity contribution in [1.82, 2.24) is 0 Å². The van der Waals surface area contributed by atoms with Crippen LogP contribution in [-0.4, -0.2) is 26.6 Å². The minimum absolute atomic E-state index is 0.215. The summed E-state index contributed by atoms with van der Waals surface area (Å²) in [6, 6.07) is 9.83. The smallest absolute Gasteiger partial charge is 0.248 e. The van der Waals surface area contributed by atoms with Crippen molar-refractivity contribution in [2.75, 3.05) is 15.9 Å². The van der Waals surface area contributed by atoms with Crippen molar-refractivity contribution >= 4 is 38.9 Å². The first-order valence-electron chi connectivity index (χ1n) is 9.09. The molecule has 0 bridgehead atoms. The van der Waals surface area contributed by atoms with Crippen LogP contribution in [-0.2, 0) is 14.8 Å². The van der Waals surface area contributed by atoms with E-state index < -0.39 is 22.0 Å². The second-order valence-electron chi connectivity index (χ2n) is 7.35. The molecule has 28 heavy (non-hydrogen) atoms. The summed E-state index contributed by atoms with van der Waals surface area (Å²) in [5.74, 6) is -0.189. The highest BCUT2D eigenvalue weighted by Crippen LogP contribution is 2.30. The van der Waals surface area contributed by atoms with Gasteiger partial charge in [0.25, 0.3) is 0 Å². The standard InChI is InChI=1S/C21H27ClN2O3S/c1-13(2)18-9-7-8-15(4)20(18)23-21(25)16(5)24(28(6,26)27)17-11-10-14(3)19(22)12-17/h7-13,16H,1-6H3,(H,23,25)/t16-/m1/s1. The van der Waals surface area contributed by atoms with E-state index in [1.807, 2.05) is 45.9 Å². The van der Waals surface area contributed by atoms with Gasteiger partial charge >= 0.3 is 0 Å². The molecular formula is C21H27ClN2O3S. The number of para-hydroxylation sites is 1. The number of sulfonamides is 1. The van der Waals surface area contributed by atoms with E-state index in [9.17, 15) is 13.2 Å². The molecule has 152 valence electrons. The lowest BCUT2D eigenvalue weighted by molar-refractivity contribution is -0.116. The van der Waals surface area contributed by atoms with Crippen LogP contribution in [0.5, 0.6) is 0 Å². The molecule has 0 aromatic heterocycles. The zero-order valence-electron chi connectivity index (χ0n) is 17.1. The Hall–Kier alpha value is -2.05. The molecule has 0 heterocycles. The molecule has 0 aliphatic heterocycles. The van der Waals surface area contributed by atoms with Crippen LogP contribution in [0.2, 0.25) is 5.02 Å². The number of halogens is 1. The van der Waals surface area contributed by atoms with Crippen molar-refractivity contribution in [1.29, 1.82) is 0 Å². The molecule has 0 saturated heterocycles. The Balaban J connectivity index is 2.42. The number of carbonyl (C=O) groups is 1. The maximum atomic E-state index is 13.0. The normalized spacial score (nSPS) is 12.7. The Morgan fingerprint density at radius 3 is 2.25 bits per heavy atom. The van der Waals surface area contributed by atoms with E-state index in [4.69, 9.17) is 11.6 Å². The summed E-state index contributed by atoms with van der Waals surface area (Å²) in [7, 11) is -3.71. The Morgan fingerprint density at radius 1 is 1.07 bits per heavy atom. The van der Waals surface area contributed by atoms with Crippen molar-refractivity contribution in [3.05, 3.63) is 58.1 Å². The summed E-state index contributed by atoms with van der Waals surface area (Å²) < 4.78 is 26.0. The van der Waals surface area contributed by atoms with Gasteiger partial charge in [0.1, 0.15) is 6.04 Å². The number of nitrogens with zero attached hydrogens (tertiary/aromatic N) is 1. The van der Waals surface area contributed by atoms with Gasteiger partial charge in [-0.25, -0.2) is 8.42 Å². The SMILES string of the molecule is Cc1ccc(N([C@H](C)C(=O)Nc2c(C)cccc2C(C)C)S(C)(=O)=O)cc1Cl. The molecule has 2 aromatic carbocycles. The summed E-state index contributed by atoms with van der Waals surface area (Å²) in [5, 5.41) is 3.37. The number of hydrogen-bond donors (Lipinski definition) is 1. The predicted octanol–water partition coefficient (Wildman–Crippen LogP) is 4.87. The maximum Gasteiger partial charge on any atom is 0.248 e. The van der Waals surface area contributed by atoms with Crippen LogP contribution < -0.4 is 9.62 Å². The highest BCUT2D eigenvalue weighted by Gasteiger charge is 2.30. The van der Waals surface area contributed by atoms with Gasteiger partial charge in [-0.15, -0.1) is 0 Å². The van der Waals surface area contributed by atoms with Crippen molar-refractivity contribution in [2.24, 2.45) is 0 Å². The van der Waals surface area contributed by atoms with E-state index in [1.165, 1.54) is 0 Å². The minimum atomic E-state index is -3.71. The molecule has 0 saturated carbocycles. The predicted molar refractivity (Wildman–Crippen MR) is 117 cm³/mol. The van der Waals surface area contributed by atoms with Gasteiger partial charge in [-0.05, 0) is 55.5 Å². The third-order valence-corrected chi connectivity index (χ3v) is 6.32. The number of hydrogen-bond acceptors (Lipinski definition) is 3.